The fourth-order valence-corrected chi connectivity index (χ4v) is 2.44. The third-order valence-corrected chi connectivity index (χ3v) is 3.59. The Morgan fingerprint density at radius 1 is 1.21 bits per heavy atom. The summed E-state index contributed by atoms with van der Waals surface area (Å²) in [6.07, 6.45) is 0. The van der Waals surface area contributed by atoms with Gasteiger partial charge in [0.05, 0.1) is 13.7 Å². The summed E-state index contributed by atoms with van der Waals surface area (Å²) in [6.45, 7) is 2.09. The van der Waals surface area contributed by atoms with Gasteiger partial charge < -0.3 is 10.1 Å². The molecule has 6 heteroatoms. The quantitative estimate of drug-likeness (QED) is 0.757. The van der Waals surface area contributed by atoms with E-state index in [4.69, 9.17) is 4.74 Å². The molecular weight excluding hydrogens is 304 g/mol. The van der Waals surface area contributed by atoms with Gasteiger partial charge in [0.1, 0.15) is 11.6 Å². The molecule has 0 aliphatic rings. The van der Waals surface area contributed by atoms with Gasteiger partial charge in [-0.25, -0.2) is 4.98 Å². The Bertz CT molecular complexity index is 857. The van der Waals surface area contributed by atoms with E-state index in [2.05, 4.69) is 20.5 Å². The van der Waals surface area contributed by atoms with Crippen LogP contribution in [0.3, 0.4) is 0 Å². The molecule has 1 aromatic heterocycles. The van der Waals surface area contributed by atoms with Crippen LogP contribution in [0.2, 0.25) is 0 Å². The lowest BCUT2D eigenvalue weighted by Gasteiger charge is -2.10. The number of benzene rings is 2. The number of ether oxygens (including phenoxy) is 1. The zero-order chi connectivity index (χ0) is 16.9. The normalized spacial score (nSPS) is 10.4. The number of nitrogens with zero attached hydrogens (tertiary/aromatic N) is 2. The van der Waals surface area contributed by atoms with Crippen LogP contribution >= 0.6 is 0 Å². The minimum absolute atomic E-state index is 0.172. The van der Waals surface area contributed by atoms with Gasteiger partial charge in [0.15, 0.2) is 5.82 Å². The molecule has 0 radical (unpaired) electrons. The topological polar surface area (TPSA) is 79.9 Å². The van der Waals surface area contributed by atoms with E-state index in [1.807, 2.05) is 49.4 Å². The molecule has 0 aliphatic heterocycles. The van der Waals surface area contributed by atoms with Crippen molar-refractivity contribution < 1.29 is 9.53 Å². The van der Waals surface area contributed by atoms with Gasteiger partial charge in [-0.05, 0) is 30.7 Å². The fraction of sp³-hybridized carbons (Fsp3) is 0.167. The second-order valence-electron chi connectivity index (χ2n) is 5.30. The average molecular weight is 322 g/mol. The number of para-hydroxylation sites is 1. The van der Waals surface area contributed by atoms with E-state index in [-0.39, 0.29) is 12.5 Å². The molecule has 2 N–H and O–H groups in total. The van der Waals surface area contributed by atoms with Crippen LogP contribution in [0, 0.1) is 6.92 Å². The van der Waals surface area contributed by atoms with Crippen molar-refractivity contribution in [1.29, 1.82) is 0 Å². The van der Waals surface area contributed by atoms with Crippen LogP contribution in [-0.2, 0) is 6.54 Å². The summed E-state index contributed by atoms with van der Waals surface area (Å²) in [5.74, 6) is 1.87. The van der Waals surface area contributed by atoms with Gasteiger partial charge in [0.25, 0.3) is 5.91 Å². The van der Waals surface area contributed by atoms with Crippen LogP contribution in [0.15, 0.2) is 48.5 Å². The first-order valence-electron chi connectivity index (χ1n) is 7.57. The molecule has 0 fully saturated rings. The Kier molecular flexibility index (Phi) is 4.56. The number of amides is 1. The van der Waals surface area contributed by atoms with Crippen LogP contribution in [0.25, 0.3) is 11.1 Å². The number of methoxy groups -OCH3 is 1. The first-order valence-corrected chi connectivity index (χ1v) is 7.57. The molecule has 0 bridgehead atoms. The van der Waals surface area contributed by atoms with Crippen molar-refractivity contribution in [2.24, 2.45) is 0 Å². The number of carbonyl (C=O) groups excluding carboxylic acids is 1. The molecule has 3 aromatic rings. The first-order chi connectivity index (χ1) is 11.7. The lowest BCUT2D eigenvalue weighted by atomic mass is 10.0. The van der Waals surface area contributed by atoms with Crippen molar-refractivity contribution in [3.05, 3.63) is 65.7 Å². The summed E-state index contributed by atoms with van der Waals surface area (Å²) < 4.78 is 5.39. The molecule has 0 unspecified atom stereocenters. The summed E-state index contributed by atoms with van der Waals surface area (Å²) in [5.41, 5.74) is 2.44. The van der Waals surface area contributed by atoms with Gasteiger partial charge in [-0.3, -0.25) is 9.89 Å². The maximum atomic E-state index is 12.4. The molecule has 1 heterocycles. The van der Waals surface area contributed by atoms with Crippen molar-refractivity contribution >= 4 is 5.91 Å². The summed E-state index contributed by atoms with van der Waals surface area (Å²) in [6, 6.07) is 15.1. The van der Waals surface area contributed by atoms with Gasteiger partial charge in [0.2, 0.25) is 0 Å². The lowest BCUT2D eigenvalue weighted by Crippen LogP contribution is -2.23. The smallest absolute Gasteiger partial charge is 0.251 e. The van der Waals surface area contributed by atoms with Crippen molar-refractivity contribution in [3.8, 4) is 16.9 Å². The number of aryl methyl sites for hydroxylation is 1. The number of hydrogen-bond acceptors (Lipinski definition) is 4. The van der Waals surface area contributed by atoms with Crippen LogP contribution in [0.1, 0.15) is 22.0 Å². The zero-order valence-corrected chi connectivity index (χ0v) is 13.5. The van der Waals surface area contributed by atoms with Crippen LogP contribution in [0.4, 0.5) is 0 Å². The highest BCUT2D eigenvalue weighted by molar-refractivity contribution is 5.95. The predicted molar refractivity (Wildman–Crippen MR) is 90.7 cm³/mol. The maximum Gasteiger partial charge on any atom is 0.251 e. The maximum absolute atomic E-state index is 12.4. The second kappa shape index (κ2) is 6.95. The molecule has 3 rings (SSSR count). The minimum Gasteiger partial charge on any atom is -0.496 e. The summed E-state index contributed by atoms with van der Waals surface area (Å²) in [7, 11) is 1.63. The highest BCUT2D eigenvalue weighted by Crippen LogP contribution is 2.29. The second-order valence-corrected chi connectivity index (χ2v) is 5.30. The van der Waals surface area contributed by atoms with Crippen molar-refractivity contribution in [2.75, 3.05) is 7.11 Å². The fourth-order valence-electron chi connectivity index (χ4n) is 2.44. The van der Waals surface area contributed by atoms with Crippen molar-refractivity contribution in [2.45, 2.75) is 13.5 Å². The van der Waals surface area contributed by atoms with Crippen LogP contribution < -0.4 is 10.1 Å². The Morgan fingerprint density at radius 3 is 2.79 bits per heavy atom. The number of aromatic nitrogens is 3. The SMILES string of the molecule is COc1ccccc1-c1cccc(C(=O)NCc2n[nH]c(C)n2)c1. The van der Waals surface area contributed by atoms with Gasteiger partial charge in [0, 0.05) is 11.1 Å². The number of hydrogen-bond donors (Lipinski definition) is 2. The van der Waals surface area contributed by atoms with E-state index < -0.39 is 0 Å². The standard InChI is InChI=1S/C18H18N4O2/c1-12-20-17(22-21-12)11-19-18(23)14-7-5-6-13(10-14)15-8-3-4-9-16(15)24-2/h3-10H,11H2,1-2H3,(H,19,23)(H,20,21,22). The number of rotatable bonds is 5. The van der Waals surface area contributed by atoms with E-state index >= 15 is 0 Å². The van der Waals surface area contributed by atoms with E-state index in [9.17, 15) is 4.79 Å². The highest BCUT2D eigenvalue weighted by atomic mass is 16.5. The molecule has 0 atom stereocenters. The van der Waals surface area contributed by atoms with Crippen LogP contribution in [-0.4, -0.2) is 28.2 Å². The minimum atomic E-state index is -0.172. The summed E-state index contributed by atoms with van der Waals surface area (Å²) >= 11 is 0. The Balaban J connectivity index is 1.78. The van der Waals surface area contributed by atoms with Crippen molar-refractivity contribution in [3.63, 3.8) is 0 Å². The Labute approximate surface area is 139 Å². The molecule has 24 heavy (non-hydrogen) atoms. The molecular formula is C18H18N4O2. The number of nitrogens with one attached hydrogen (secondary N) is 2. The molecule has 122 valence electrons. The number of aromatic amines is 1. The third kappa shape index (κ3) is 3.43. The van der Waals surface area contributed by atoms with E-state index in [1.54, 1.807) is 13.2 Å². The largest absolute Gasteiger partial charge is 0.496 e. The molecule has 0 saturated heterocycles. The molecule has 1 amide bonds. The molecule has 6 nitrogen and oxygen atoms in total. The van der Waals surface area contributed by atoms with E-state index in [0.717, 1.165) is 22.7 Å². The van der Waals surface area contributed by atoms with Gasteiger partial charge >= 0.3 is 0 Å². The van der Waals surface area contributed by atoms with Gasteiger partial charge in [-0.2, -0.15) is 5.10 Å². The molecule has 0 aliphatic carbocycles. The predicted octanol–water partition coefficient (Wildman–Crippen LogP) is 2.72. The lowest BCUT2D eigenvalue weighted by molar-refractivity contribution is 0.0950. The van der Waals surface area contributed by atoms with Gasteiger partial charge in [-0.1, -0.05) is 30.3 Å². The summed E-state index contributed by atoms with van der Waals surface area (Å²) in [5, 5.41) is 9.57. The van der Waals surface area contributed by atoms with Crippen LogP contribution in [0.5, 0.6) is 5.75 Å². The Hall–Kier alpha value is -3.15. The molecule has 0 spiro atoms. The van der Waals surface area contributed by atoms with Crippen molar-refractivity contribution in [1.82, 2.24) is 20.5 Å². The average Bonchev–Trinajstić information content (AvgIpc) is 3.05. The molecule has 0 saturated carbocycles. The summed E-state index contributed by atoms with van der Waals surface area (Å²) in [4.78, 5) is 16.5. The zero-order valence-electron chi connectivity index (χ0n) is 13.5. The molecule has 2 aromatic carbocycles. The van der Waals surface area contributed by atoms with Gasteiger partial charge in [-0.15, -0.1) is 0 Å². The van der Waals surface area contributed by atoms with E-state index in [1.165, 1.54) is 0 Å². The van der Waals surface area contributed by atoms with E-state index in [0.29, 0.717) is 11.4 Å². The first kappa shape index (κ1) is 15.7. The number of carbonyl (C=O) groups is 1. The Morgan fingerprint density at radius 2 is 2.04 bits per heavy atom. The monoisotopic (exact) mass is 322 g/mol. The number of H-pyrrole nitrogens is 1. The highest BCUT2D eigenvalue weighted by Gasteiger charge is 2.10. The third-order valence-electron chi connectivity index (χ3n) is 3.59.